The van der Waals surface area contributed by atoms with E-state index in [1.807, 2.05) is 21.1 Å². The molecule has 0 aliphatic carbocycles. The minimum Gasteiger partial charge on any atom is -0.373 e. The Morgan fingerprint density at radius 1 is 0.733 bits per heavy atom. The van der Waals surface area contributed by atoms with Gasteiger partial charge in [0, 0.05) is 0 Å². The molecule has 3 N–H and O–H groups in total. The molecule has 178 valence electrons. The van der Waals surface area contributed by atoms with Crippen LogP contribution in [0.3, 0.4) is 0 Å². The molecule has 5 nitrogen and oxygen atoms in total. The lowest BCUT2D eigenvalue weighted by Gasteiger charge is -2.35. The number of quaternary nitrogens is 1. The van der Waals surface area contributed by atoms with E-state index in [0.717, 1.165) is 12.8 Å². The zero-order chi connectivity index (χ0) is 22.9. The molecule has 0 saturated heterocycles. The van der Waals surface area contributed by atoms with E-state index in [1.165, 1.54) is 64.2 Å². The number of allylic oxidation sites excluding steroid dienone is 4. The van der Waals surface area contributed by atoms with Crippen LogP contribution in [0.25, 0.3) is 0 Å². The van der Waals surface area contributed by atoms with Crippen LogP contribution in [0.15, 0.2) is 24.3 Å². The number of aliphatic hydroxyl groups is 1. The molecule has 0 heterocycles. The number of likely N-dealkylation sites (N-methyl/N-ethyl adjacent to an activating group) is 1. The van der Waals surface area contributed by atoms with Crippen molar-refractivity contribution in [3.05, 3.63) is 24.3 Å². The maximum Gasteiger partial charge on any atom is 0.362 e. The fraction of sp³-hybridized carbons (Fsp3) is 0.833. The number of unbranched alkanes of at least 4 members (excludes halogenated alkanes) is 10. The van der Waals surface area contributed by atoms with Gasteiger partial charge in [-0.3, -0.25) is 4.57 Å². The number of hydrogen-bond acceptors (Lipinski definition) is 2. The maximum atomic E-state index is 11.7. The van der Waals surface area contributed by atoms with Crippen molar-refractivity contribution in [2.45, 2.75) is 102 Å². The maximum absolute atomic E-state index is 11.7. The Kier molecular flexibility index (Phi) is 16.0. The van der Waals surface area contributed by atoms with E-state index in [2.05, 4.69) is 31.2 Å². The summed E-state index contributed by atoms with van der Waals surface area (Å²) >= 11 is 0. The largest absolute Gasteiger partial charge is 0.373 e. The molecule has 0 amide bonds. The molecule has 0 aromatic carbocycles. The molecule has 0 saturated carbocycles. The monoisotopic (exact) mass is 446 g/mol. The van der Waals surface area contributed by atoms with Crippen molar-refractivity contribution in [1.82, 2.24) is 0 Å². The third-order valence-corrected chi connectivity index (χ3v) is 6.72. The highest BCUT2D eigenvalue weighted by Gasteiger charge is 2.48. The van der Waals surface area contributed by atoms with E-state index in [-0.39, 0.29) is 13.0 Å². The second-order valence-electron chi connectivity index (χ2n) is 9.65. The van der Waals surface area contributed by atoms with Crippen LogP contribution < -0.4 is 0 Å². The summed E-state index contributed by atoms with van der Waals surface area (Å²) in [5.41, 5.74) is 0. The van der Waals surface area contributed by atoms with E-state index in [0.29, 0.717) is 10.9 Å². The lowest BCUT2D eigenvalue weighted by molar-refractivity contribution is -0.875. The van der Waals surface area contributed by atoms with Crippen LogP contribution in [0.2, 0.25) is 0 Å². The van der Waals surface area contributed by atoms with Crippen LogP contribution in [-0.4, -0.2) is 52.4 Å². The lowest BCUT2D eigenvalue weighted by Crippen LogP contribution is -2.49. The highest BCUT2D eigenvalue weighted by molar-refractivity contribution is 7.53. The average molecular weight is 447 g/mol. The molecular weight excluding hydrogens is 397 g/mol. The van der Waals surface area contributed by atoms with Crippen molar-refractivity contribution >= 4 is 7.60 Å². The molecule has 0 spiro atoms. The first-order valence-corrected chi connectivity index (χ1v) is 13.5. The first-order chi connectivity index (χ1) is 14.0. The van der Waals surface area contributed by atoms with E-state index in [4.69, 9.17) is 0 Å². The molecule has 0 aliphatic rings. The van der Waals surface area contributed by atoms with Crippen LogP contribution in [0, 0.1) is 0 Å². The van der Waals surface area contributed by atoms with E-state index < -0.39 is 12.9 Å². The van der Waals surface area contributed by atoms with Crippen LogP contribution in [0.1, 0.15) is 96.8 Å². The summed E-state index contributed by atoms with van der Waals surface area (Å²) in [6.07, 6.45) is 24.1. The smallest absolute Gasteiger partial charge is 0.362 e. The standard InChI is InChI=1S/C24H48NO4P/c1-5-6-7-8-9-10-11-12-13-14-15-16-17-18-19-20-21-22-24(26,30(27,28)29)23-25(2,3)4/h8-9,18-19,26H,5-7,10-17,20-23H2,1-4H3,(H-,27,28,29)/p+1/b9-8-,19-18-. The SMILES string of the molecule is CCCC/C=C\CCCCCCCC/C=C\CCCC(O)(C[N+](C)(C)C)P(=O)(O)O. The van der Waals surface area contributed by atoms with Gasteiger partial charge in [-0.25, -0.2) is 0 Å². The predicted molar refractivity (Wildman–Crippen MR) is 128 cm³/mol. The Bertz CT molecular complexity index is 522. The van der Waals surface area contributed by atoms with E-state index >= 15 is 0 Å². The Morgan fingerprint density at radius 3 is 1.53 bits per heavy atom. The van der Waals surface area contributed by atoms with Gasteiger partial charge in [0.15, 0.2) is 0 Å². The fourth-order valence-corrected chi connectivity index (χ4v) is 4.66. The molecule has 0 aromatic heterocycles. The Labute approximate surface area is 186 Å². The highest BCUT2D eigenvalue weighted by atomic mass is 31.2. The molecule has 1 atom stereocenters. The molecule has 0 aromatic rings. The summed E-state index contributed by atoms with van der Waals surface area (Å²) in [7, 11) is 0.914. The van der Waals surface area contributed by atoms with E-state index in [1.54, 1.807) is 0 Å². The summed E-state index contributed by atoms with van der Waals surface area (Å²) in [6, 6.07) is 0. The molecule has 30 heavy (non-hydrogen) atoms. The summed E-state index contributed by atoms with van der Waals surface area (Å²) in [5.74, 6) is 0. The lowest BCUT2D eigenvalue weighted by atomic mass is 10.1. The summed E-state index contributed by atoms with van der Waals surface area (Å²) in [6.45, 7) is 2.27. The number of rotatable bonds is 19. The van der Waals surface area contributed by atoms with Gasteiger partial charge in [0.05, 0.1) is 21.1 Å². The highest BCUT2D eigenvalue weighted by Crippen LogP contribution is 2.52. The predicted octanol–water partition coefficient (Wildman–Crippen LogP) is 6.15. The van der Waals surface area contributed by atoms with Crippen molar-refractivity contribution in [2.75, 3.05) is 27.7 Å². The second kappa shape index (κ2) is 16.2. The number of hydrogen-bond donors (Lipinski definition) is 3. The molecular formula is C24H49NO4P+. The fourth-order valence-electron chi connectivity index (χ4n) is 3.60. The molecule has 1 unspecified atom stereocenters. The van der Waals surface area contributed by atoms with Gasteiger partial charge in [-0.1, -0.05) is 69.8 Å². The van der Waals surface area contributed by atoms with Gasteiger partial charge in [0.2, 0.25) is 5.34 Å². The zero-order valence-electron chi connectivity index (χ0n) is 20.1. The molecule has 0 radical (unpaired) electrons. The van der Waals surface area contributed by atoms with Crippen molar-refractivity contribution in [3.63, 3.8) is 0 Å². The zero-order valence-corrected chi connectivity index (χ0v) is 21.0. The van der Waals surface area contributed by atoms with Crippen molar-refractivity contribution in [1.29, 1.82) is 0 Å². The van der Waals surface area contributed by atoms with Gasteiger partial charge in [-0.2, -0.15) is 0 Å². The molecule has 0 aliphatic heterocycles. The summed E-state index contributed by atoms with van der Waals surface area (Å²) in [5, 5.41) is 8.56. The van der Waals surface area contributed by atoms with Crippen molar-refractivity contribution in [3.8, 4) is 0 Å². The molecule has 0 fully saturated rings. The van der Waals surface area contributed by atoms with Gasteiger partial charge in [0.25, 0.3) is 0 Å². The minimum absolute atomic E-state index is 0.0378. The Hall–Kier alpha value is -0.450. The van der Waals surface area contributed by atoms with Gasteiger partial charge in [-0.05, 0) is 51.4 Å². The van der Waals surface area contributed by atoms with Gasteiger partial charge >= 0.3 is 7.60 Å². The number of nitrogens with zero attached hydrogens (tertiary/aromatic N) is 1. The third kappa shape index (κ3) is 16.3. The Morgan fingerprint density at radius 2 is 1.13 bits per heavy atom. The first kappa shape index (κ1) is 29.5. The first-order valence-electron chi connectivity index (χ1n) is 11.9. The topological polar surface area (TPSA) is 77.8 Å². The van der Waals surface area contributed by atoms with Crippen LogP contribution in [0.4, 0.5) is 0 Å². The summed E-state index contributed by atoms with van der Waals surface area (Å²) in [4.78, 5) is 19.1. The van der Waals surface area contributed by atoms with Crippen LogP contribution >= 0.6 is 7.60 Å². The molecule has 0 bridgehead atoms. The van der Waals surface area contributed by atoms with Crippen LogP contribution in [0.5, 0.6) is 0 Å². The van der Waals surface area contributed by atoms with Gasteiger partial charge in [0.1, 0.15) is 6.54 Å². The minimum atomic E-state index is -4.56. The van der Waals surface area contributed by atoms with Crippen molar-refractivity contribution in [2.24, 2.45) is 0 Å². The summed E-state index contributed by atoms with van der Waals surface area (Å²) < 4.78 is 12.1. The van der Waals surface area contributed by atoms with E-state index in [9.17, 15) is 19.5 Å². The molecule has 6 heteroatoms. The second-order valence-corrected chi connectivity index (χ2v) is 11.6. The third-order valence-electron chi connectivity index (χ3n) is 5.27. The quantitative estimate of drug-likeness (QED) is 0.0962. The van der Waals surface area contributed by atoms with Crippen LogP contribution in [-0.2, 0) is 4.57 Å². The normalized spacial score (nSPS) is 15.3. The van der Waals surface area contributed by atoms with Gasteiger partial charge < -0.3 is 19.4 Å². The Balaban J connectivity index is 3.75. The molecule has 0 rings (SSSR count). The average Bonchev–Trinajstić information content (AvgIpc) is 2.62. The van der Waals surface area contributed by atoms with Crippen molar-refractivity contribution < 1.29 is 23.9 Å². The van der Waals surface area contributed by atoms with Gasteiger partial charge in [-0.15, -0.1) is 0 Å².